The van der Waals surface area contributed by atoms with Gasteiger partial charge in [-0.3, -0.25) is 4.79 Å². The number of hydrogen-bond donors (Lipinski definition) is 1. The lowest BCUT2D eigenvalue weighted by atomic mass is 10.4. The Hall–Kier alpha value is -0.570. The molecule has 2 atom stereocenters. The molecule has 52 valence electrons. The second kappa shape index (κ2) is 2.35. The van der Waals surface area contributed by atoms with Gasteiger partial charge in [-0.2, -0.15) is 0 Å². The number of rotatable bonds is 3. The summed E-state index contributed by atoms with van der Waals surface area (Å²) in [6.45, 7) is 2.59. The first-order valence-corrected chi connectivity index (χ1v) is 3.16. The van der Waals surface area contributed by atoms with E-state index in [1.165, 1.54) is 0 Å². The number of primary amides is 1. The Balaban J connectivity index is 2.17. The Kier molecular flexibility index (Phi) is 1.71. The van der Waals surface area contributed by atoms with E-state index in [1.807, 2.05) is 6.92 Å². The first-order chi connectivity index (χ1) is 4.25. The molecule has 9 heavy (non-hydrogen) atoms. The van der Waals surface area contributed by atoms with Crippen LogP contribution in [0.5, 0.6) is 0 Å². The maximum atomic E-state index is 10.4. The van der Waals surface area contributed by atoms with E-state index in [-0.39, 0.29) is 17.9 Å². The largest absolute Gasteiger partial charge is 0.378 e. The minimum Gasteiger partial charge on any atom is -0.378 e. The molecule has 0 aromatic rings. The van der Waals surface area contributed by atoms with E-state index in [9.17, 15) is 4.79 Å². The molecule has 1 aliphatic carbocycles. The summed E-state index contributed by atoms with van der Waals surface area (Å²) in [5.74, 6) is -0.224. The maximum Gasteiger partial charge on any atom is 0.223 e. The van der Waals surface area contributed by atoms with Crippen LogP contribution in [0, 0.1) is 5.92 Å². The van der Waals surface area contributed by atoms with Crippen LogP contribution in [0.4, 0.5) is 0 Å². The smallest absolute Gasteiger partial charge is 0.223 e. The zero-order valence-corrected chi connectivity index (χ0v) is 5.46. The van der Waals surface area contributed by atoms with Gasteiger partial charge in [0.15, 0.2) is 0 Å². The molecule has 0 radical (unpaired) electrons. The quantitative estimate of drug-likeness (QED) is 0.578. The number of carbonyl (C=O) groups is 1. The molecule has 2 unspecified atom stereocenters. The molecule has 0 aliphatic heterocycles. The van der Waals surface area contributed by atoms with Crippen molar-refractivity contribution in [2.24, 2.45) is 11.7 Å². The van der Waals surface area contributed by atoms with Crippen molar-refractivity contribution in [3.05, 3.63) is 0 Å². The van der Waals surface area contributed by atoms with E-state index < -0.39 is 0 Å². The average molecular weight is 129 g/mol. The Bertz CT molecular complexity index is 124. The van der Waals surface area contributed by atoms with Crippen molar-refractivity contribution in [3.8, 4) is 0 Å². The van der Waals surface area contributed by atoms with Crippen LogP contribution in [0.3, 0.4) is 0 Å². The van der Waals surface area contributed by atoms with Crippen LogP contribution in [0.2, 0.25) is 0 Å². The van der Waals surface area contributed by atoms with Gasteiger partial charge in [0.2, 0.25) is 5.91 Å². The molecule has 1 saturated carbocycles. The van der Waals surface area contributed by atoms with Crippen molar-refractivity contribution in [1.82, 2.24) is 0 Å². The van der Waals surface area contributed by atoms with Gasteiger partial charge >= 0.3 is 0 Å². The number of hydrogen-bond acceptors (Lipinski definition) is 2. The fourth-order valence-corrected chi connectivity index (χ4v) is 0.869. The third-order valence-corrected chi connectivity index (χ3v) is 1.48. The molecule has 1 aliphatic rings. The van der Waals surface area contributed by atoms with E-state index in [0.29, 0.717) is 6.61 Å². The number of nitrogens with two attached hydrogens (primary N) is 1. The third kappa shape index (κ3) is 1.42. The van der Waals surface area contributed by atoms with E-state index in [4.69, 9.17) is 10.5 Å². The van der Waals surface area contributed by atoms with Crippen molar-refractivity contribution in [2.75, 3.05) is 6.61 Å². The summed E-state index contributed by atoms with van der Waals surface area (Å²) in [4.78, 5) is 10.4. The molecule has 3 nitrogen and oxygen atoms in total. The Labute approximate surface area is 54.2 Å². The summed E-state index contributed by atoms with van der Waals surface area (Å²) >= 11 is 0. The van der Waals surface area contributed by atoms with Gasteiger partial charge < -0.3 is 10.5 Å². The fraction of sp³-hybridized carbons (Fsp3) is 0.833. The molecule has 0 saturated heterocycles. The summed E-state index contributed by atoms with van der Waals surface area (Å²) in [5.41, 5.74) is 5.00. The molecule has 0 bridgehead atoms. The van der Waals surface area contributed by atoms with E-state index in [0.717, 1.165) is 6.42 Å². The first kappa shape index (κ1) is 6.55. The molecule has 2 N–H and O–H groups in total. The lowest BCUT2D eigenvalue weighted by Gasteiger charge is -1.94. The molecule has 0 aromatic carbocycles. The van der Waals surface area contributed by atoms with Crippen LogP contribution < -0.4 is 5.73 Å². The lowest BCUT2D eigenvalue weighted by Crippen LogP contribution is -2.16. The summed E-state index contributed by atoms with van der Waals surface area (Å²) in [7, 11) is 0. The van der Waals surface area contributed by atoms with E-state index >= 15 is 0 Å². The minimum absolute atomic E-state index is 0.00458. The average Bonchev–Trinajstić information content (AvgIpc) is 2.47. The predicted octanol–water partition coefficient (Wildman–Crippen LogP) is -0.103. The first-order valence-electron chi connectivity index (χ1n) is 3.16. The molecular weight excluding hydrogens is 118 g/mol. The van der Waals surface area contributed by atoms with Gasteiger partial charge in [0.1, 0.15) is 0 Å². The zero-order chi connectivity index (χ0) is 6.85. The van der Waals surface area contributed by atoms with Gasteiger partial charge in [-0.1, -0.05) is 0 Å². The van der Waals surface area contributed by atoms with Crippen molar-refractivity contribution in [2.45, 2.75) is 19.4 Å². The number of carbonyl (C=O) groups excluding carboxylic acids is 1. The van der Waals surface area contributed by atoms with E-state index in [2.05, 4.69) is 0 Å². The van der Waals surface area contributed by atoms with Crippen LogP contribution in [-0.2, 0) is 9.53 Å². The van der Waals surface area contributed by atoms with Gasteiger partial charge in [-0.05, 0) is 13.3 Å². The number of amides is 1. The van der Waals surface area contributed by atoms with Crippen LogP contribution in [-0.4, -0.2) is 18.6 Å². The van der Waals surface area contributed by atoms with Crippen molar-refractivity contribution in [1.29, 1.82) is 0 Å². The Morgan fingerprint density at radius 1 is 1.89 bits per heavy atom. The maximum absolute atomic E-state index is 10.4. The predicted molar refractivity (Wildman–Crippen MR) is 32.7 cm³/mol. The summed E-state index contributed by atoms with van der Waals surface area (Å²) < 4.78 is 5.13. The van der Waals surface area contributed by atoms with Gasteiger partial charge in [0.05, 0.1) is 12.0 Å². The molecule has 1 rings (SSSR count). The topological polar surface area (TPSA) is 52.3 Å². The van der Waals surface area contributed by atoms with Crippen LogP contribution in [0.15, 0.2) is 0 Å². The molecule has 0 aromatic heterocycles. The second-order valence-corrected chi connectivity index (χ2v) is 2.24. The van der Waals surface area contributed by atoms with Crippen LogP contribution in [0.25, 0.3) is 0 Å². The summed E-state index contributed by atoms with van der Waals surface area (Å²) in [6, 6.07) is 0. The standard InChI is InChI=1S/C6H11NO2/c1-2-9-5-3-4(5)6(7)8/h4-5H,2-3H2,1H3,(H2,7,8). The highest BCUT2D eigenvalue weighted by molar-refractivity contribution is 5.80. The second-order valence-electron chi connectivity index (χ2n) is 2.24. The summed E-state index contributed by atoms with van der Waals surface area (Å²) in [5, 5.41) is 0. The summed E-state index contributed by atoms with van der Waals surface area (Å²) in [6.07, 6.45) is 0.955. The normalized spacial score (nSPS) is 32.1. The Morgan fingerprint density at radius 2 is 2.56 bits per heavy atom. The highest BCUT2D eigenvalue weighted by Crippen LogP contribution is 2.32. The molecule has 0 heterocycles. The third-order valence-electron chi connectivity index (χ3n) is 1.48. The van der Waals surface area contributed by atoms with Crippen molar-refractivity contribution < 1.29 is 9.53 Å². The molecule has 1 fully saturated rings. The highest BCUT2D eigenvalue weighted by Gasteiger charge is 2.42. The van der Waals surface area contributed by atoms with Gasteiger partial charge in [-0.15, -0.1) is 0 Å². The van der Waals surface area contributed by atoms with Gasteiger partial charge in [0, 0.05) is 6.61 Å². The molecular formula is C6H11NO2. The lowest BCUT2D eigenvalue weighted by molar-refractivity contribution is -0.120. The monoisotopic (exact) mass is 129 g/mol. The van der Waals surface area contributed by atoms with Gasteiger partial charge in [-0.25, -0.2) is 0 Å². The SMILES string of the molecule is CCOC1CC1C(N)=O. The van der Waals surface area contributed by atoms with Crippen molar-refractivity contribution >= 4 is 5.91 Å². The molecule has 3 heteroatoms. The van der Waals surface area contributed by atoms with Crippen molar-refractivity contribution in [3.63, 3.8) is 0 Å². The zero-order valence-electron chi connectivity index (χ0n) is 5.46. The highest BCUT2D eigenvalue weighted by atomic mass is 16.5. The number of ether oxygens (including phenoxy) is 1. The van der Waals surface area contributed by atoms with Gasteiger partial charge in [0.25, 0.3) is 0 Å². The molecule has 0 spiro atoms. The molecule has 1 amide bonds. The fourth-order valence-electron chi connectivity index (χ4n) is 0.869. The minimum atomic E-state index is -0.228. The van der Waals surface area contributed by atoms with Crippen LogP contribution >= 0.6 is 0 Å². The van der Waals surface area contributed by atoms with E-state index in [1.54, 1.807) is 0 Å². The van der Waals surface area contributed by atoms with Crippen LogP contribution in [0.1, 0.15) is 13.3 Å². The Morgan fingerprint density at radius 3 is 2.89 bits per heavy atom.